The lowest BCUT2D eigenvalue weighted by molar-refractivity contribution is 0.00702. The SMILES string of the molecule is CC(C)(C)OC(=O)c1c(I)csc1N. The molecule has 2 N–H and O–H groups in total. The van der Waals surface area contributed by atoms with Gasteiger partial charge in [0.2, 0.25) is 0 Å². The number of carbonyl (C=O) groups is 1. The zero-order valence-electron chi connectivity index (χ0n) is 8.26. The molecule has 0 aliphatic heterocycles. The Morgan fingerprint density at radius 3 is 2.50 bits per heavy atom. The van der Waals surface area contributed by atoms with Gasteiger partial charge in [-0.1, -0.05) is 0 Å². The summed E-state index contributed by atoms with van der Waals surface area (Å²) in [6.45, 7) is 5.50. The molecular weight excluding hydrogens is 313 g/mol. The lowest BCUT2D eigenvalue weighted by atomic mass is 10.2. The molecule has 0 aliphatic carbocycles. The normalized spacial score (nSPS) is 11.4. The van der Waals surface area contributed by atoms with E-state index in [1.165, 1.54) is 11.3 Å². The third-order valence-corrected chi connectivity index (χ3v) is 3.46. The maximum Gasteiger partial charge on any atom is 0.342 e. The van der Waals surface area contributed by atoms with Crippen LogP contribution in [0.2, 0.25) is 0 Å². The van der Waals surface area contributed by atoms with E-state index in [9.17, 15) is 4.79 Å². The zero-order chi connectivity index (χ0) is 10.9. The summed E-state index contributed by atoms with van der Waals surface area (Å²) in [5.41, 5.74) is 5.69. The van der Waals surface area contributed by atoms with Gasteiger partial charge in [-0.25, -0.2) is 4.79 Å². The van der Waals surface area contributed by atoms with Gasteiger partial charge in [0, 0.05) is 8.95 Å². The average molecular weight is 325 g/mol. The van der Waals surface area contributed by atoms with Crippen LogP contribution >= 0.6 is 33.9 Å². The van der Waals surface area contributed by atoms with Gasteiger partial charge in [-0.15, -0.1) is 11.3 Å². The molecule has 0 saturated carbocycles. The largest absolute Gasteiger partial charge is 0.456 e. The van der Waals surface area contributed by atoms with E-state index in [-0.39, 0.29) is 5.97 Å². The lowest BCUT2D eigenvalue weighted by Crippen LogP contribution is -2.24. The summed E-state index contributed by atoms with van der Waals surface area (Å²) in [6.07, 6.45) is 0. The molecule has 1 aromatic rings. The lowest BCUT2D eigenvalue weighted by Gasteiger charge is -2.19. The van der Waals surface area contributed by atoms with Crippen molar-refractivity contribution in [1.82, 2.24) is 0 Å². The van der Waals surface area contributed by atoms with Crippen LogP contribution in [0.4, 0.5) is 5.00 Å². The Hall–Kier alpha value is -0.300. The Kier molecular flexibility index (Phi) is 3.41. The first-order valence-electron chi connectivity index (χ1n) is 4.07. The van der Waals surface area contributed by atoms with Crippen molar-refractivity contribution in [3.8, 4) is 0 Å². The van der Waals surface area contributed by atoms with E-state index in [1.54, 1.807) is 0 Å². The van der Waals surface area contributed by atoms with Crippen molar-refractivity contribution in [2.75, 3.05) is 5.73 Å². The topological polar surface area (TPSA) is 52.3 Å². The van der Waals surface area contributed by atoms with Gasteiger partial charge < -0.3 is 10.5 Å². The minimum Gasteiger partial charge on any atom is -0.456 e. The molecule has 0 spiro atoms. The molecule has 0 saturated heterocycles. The molecule has 1 heterocycles. The van der Waals surface area contributed by atoms with Gasteiger partial charge in [-0.05, 0) is 43.4 Å². The third-order valence-electron chi connectivity index (χ3n) is 1.38. The van der Waals surface area contributed by atoms with Crippen molar-refractivity contribution in [3.63, 3.8) is 0 Å². The molecular formula is C9H12INO2S. The number of rotatable bonds is 1. The second-order valence-corrected chi connectivity index (χ2v) is 5.90. The van der Waals surface area contributed by atoms with Crippen molar-refractivity contribution >= 4 is 44.9 Å². The van der Waals surface area contributed by atoms with E-state index >= 15 is 0 Å². The van der Waals surface area contributed by atoms with E-state index in [4.69, 9.17) is 10.5 Å². The number of thiophene rings is 1. The highest BCUT2D eigenvalue weighted by atomic mass is 127. The molecule has 0 aromatic carbocycles. The summed E-state index contributed by atoms with van der Waals surface area (Å²) < 4.78 is 6.07. The van der Waals surface area contributed by atoms with Gasteiger partial charge in [0.25, 0.3) is 0 Å². The highest BCUT2D eigenvalue weighted by molar-refractivity contribution is 14.1. The Bertz CT molecular complexity index is 335. The van der Waals surface area contributed by atoms with Crippen LogP contribution in [0.1, 0.15) is 31.1 Å². The quantitative estimate of drug-likeness (QED) is 0.638. The van der Waals surface area contributed by atoms with Crippen molar-refractivity contribution in [3.05, 3.63) is 14.5 Å². The first-order valence-corrected chi connectivity index (χ1v) is 6.03. The van der Waals surface area contributed by atoms with E-state index < -0.39 is 5.60 Å². The minimum absolute atomic E-state index is 0.347. The number of hydrogen-bond donors (Lipinski definition) is 1. The molecule has 3 nitrogen and oxygen atoms in total. The fraction of sp³-hybridized carbons (Fsp3) is 0.444. The zero-order valence-corrected chi connectivity index (χ0v) is 11.2. The molecule has 0 bridgehead atoms. The Morgan fingerprint density at radius 2 is 2.14 bits per heavy atom. The van der Waals surface area contributed by atoms with Gasteiger partial charge in [0.1, 0.15) is 16.2 Å². The van der Waals surface area contributed by atoms with Crippen LogP contribution < -0.4 is 5.73 Å². The molecule has 5 heteroatoms. The predicted molar refractivity (Wildman–Crippen MR) is 66.6 cm³/mol. The average Bonchev–Trinajstić information content (AvgIpc) is 2.27. The summed E-state index contributed by atoms with van der Waals surface area (Å²) in [6, 6.07) is 0. The Labute approximate surface area is 101 Å². The summed E-state index contributed by atoms with van der Waals surface area (Å²) in [7, 11) is 0. The molecule has 0 radical (unpaired) electrons. The number of ether oxygens (including phenoxy) is 1. The third kappa shape index (κ3) is 2.84. The second-order valence-electron chi connectivity index (χ2n) is 3.82. The van der Waals surface area contributed by atoms with Gasteiger partial charge in [-0.2, -0.15) is 0 Å². The number of carbonyl (C=O) groups excluding carboxylic acids is 1. The molecule has 14 heavy (non-hydrogen) atoms. The molecule has 1 rings (SSSR count). The smallest absolute Gasteiger partial charge is 0.342 e. The van der Waals surface area contributed by atoms with Crippen molar-refractivity contribution in [1.29, 1.82) is 0 Å². The van der Waals surface area contributed by atoms with Crippen molar-refractivity contribution in [2.24, 2.45) is 0 Å². The summed E-state index contributed by atoms with van der Waals surface area (Å²) in [4.78, 5) is 11.7. The van der Waals surface area contributed by atoms with E-state index in [0.717, 1.165) is 3.57 Å². The van der Waals surface area contributed by atoms with Crippen LogP contribution in [0.15, 0.2) is 5.38 Å². The highest BCUT2D eigenvalue weighted by Crippen LogP contribution is 2.28. The van der Waals surface area contributed by atoms with Gasteiger partial charge in [0.15, 0.2) is 0 Å². The number of nitrogens with two attached hydrogens (primary N) is 1. The molecule has 0 aliphatic rings. The molecule has 0 fully saturated rings. The number of nitrogen functional groups attached to an aromatic ring is 1. The van der Waals surface area contributed by atoms with E-state index in [2.05, 4.69) is 22.6 Å². The summed E-state index contributed by atoms with van der Waals surface area (Å²) in [5.74, 6) is -0.347. The standard InChI is InChI=1S/C9H12INO2S/c1-9(2,3)13-8(12)6-5(10)4-14-7(6)11/h4H,11H2,1-3H3. The maximum atomic E-state index is 11.7. The maximum absolute atomic E-state index is 11.7. The van der Waals surface area contributed by atoms with Crippen molar-refractivity contribution in [2.45, 2.75) is 26.4 Å². The van der Waals surface area contributed by atoms with Crippen LogP contribution in [-0.4, -0.2) is 11.6 Å². The fourth-order valence-electron chi connectivity index (χ4n) is 0.878. The fourth-order valence-corrected chi connectivity index (χ4v) is 2.61. The monoisotopic (exact) mass is 325 g/mol. The van der Waals surface area contributed by atoms with Gasteiger partial charge >= 0.3 is 5.97 Å². The molecule has 0 unspecified atom stereocenters. The van der Waals surface area contributed by atoms with Crippen LogP contribution in [0.25, 0.3) is 0 Å². The highest BCUT2D eigenvalue weighted by Gasteiger charge is 2.22. The van der Waals surface area contributed by atoms with Gasteiger partial charge in [-0.3, -0.25) is 0 Å². The molecule has 1 aromatic heterocycles. The van der Waals surface area contributed by atoms with Crippen LogP contribution in [0, 0.1) is 3.57 Å². The molecule has 78 valence electrons. The first-order chi connectivity index (χ1) is 6.31. The summed E-state index contributed by atoms with van der Waals surface area (Å²) >= 11 is 3.43. The first kappa shape index (κ1) is 11.8. The van der Waals surface area contributed by atoms with E-state index in [0.29, 0.717) is 10.6 Å². The second kappa shape index (κ2) is 4.06. The summed E-state index contributed by atoms with van der Waals surface area (Å²) in [5, 5.41) is 2.36. The number of esters is 1. The Morgan fingerprint density at radius 1 is 1.57 bits per heavy atom. The van der Waals surface area contributed by atoms with Crippen molar-refractivity contribution < 1.29 is 9.53 Å². The number of anilines is 1. The molecule has 0 amide bonds. The van der Waals surface area contributed by atoms with E-state index in [1.807, 2.05) is 26.2 Å². The Balaban J connectivity index is 2.90. The van der Waals surface area contributed by atoms with Gasteiger partial charge in [0.05, 0.1) is 0 Å². The van der Waals surface area contributed by atoms with Crippen LogP contribution in [-0.2, 0) is 4.74 Å². The van der Waals surface area contributed by atoms with Crippen LogP contribution in [0.3, 0.4) is 0 Å². The van der Waals surface area contributed by atoms with Crippen LogP contribution in [0.5, 0.6) is 0 Å². The molecule has 0 atom stereocenters. The predicted octanol–water partition coefficient (Wildman–Crippen LogP) is 2.89. The minimum atomic E-state index is -0.478. The number of halogens is 1. The number of hydrogen-bond acceptors (Lipinski definition) is 4.